The number of halogens is 1. The Labute approximate surface area is 170 Å². The Hall–Kier alpha value is -4.21. The summed E-state index contributed by atoms with van der Waals surface area (Å²) in [5, 5.41) is 20.3. The minimum Gasteiger partial charge on any atom is -0.508 e. The highest BCUT2D eigenvalue weighted by Crippen LogP contribution is 2.26. The van der Waals surface area contributed by atoms with E-state index in [1.807, 2.05) is 0 Å². The van der Waals surface area contributed by atoms with Gasteiger partial charge in [-0.2, -0.15) is 14.8 Å². The number of carbonyl (C=O) groups is 1. The van der Waals surface area contributed by atoms with Gasteiger partial charge in [-0.15, -0.1) is 0 Å². The smallest absolute Gasteiger partial charge is 0.434 e. The van der Waals surface area contributed by atoms with Crippen LogP contribution in [-0.4, -0.2) is 38.1 Å². The first-order chi connectivity index (χ1) is 14.4. The second-order valence-corrected chi connectivity index (χ2v) is 6.39. The third kappa shape index (κ3) is 3.70. The predicted molar refractivity (Wildman–Crippen MR) is 109 cm³/mol. The summed E-state index contributed by atoms with van der Waals surface area (Å²) in [6, 6.07) is 11.5. The van der Waals surface area contributed by atoms with E-state index in [0.717, 1.165) is 11.6 Å². The molecule has 4 rings (SSSR count). The quantitative estimate of drug-likeness (QED) is 0.463. The number of rotatable bonds is 4. The number of hydrogen-bond donors (Lipinski definition) is 3. The van der Waals surface area contributed by atoms with Gasteiger partial charge in [-0.25, -0.2) is 14.2 Å². The van der Waals surface area contributed by atoms with E-state index >= 15 is 0 Å². The highest BCUT2D eigenvalue weighted by Gasteiger charge is 2.15. The van der Waals surface area contributed by atoms with Gasteiger partial charge in [0.2, 0.25) is 5.95 Å². The van der Waals surface area contributed by atoms with E-state index in [2.05, 4.69) is 25.7 Å². The lowest BCUT2D eigenvalue weighted by molar-refractivity contribution is 0.170. The van der Waals surface area contributed by atoms with Crippen LogP contribution in [0, 0.1) is 12.7 Å². The zero-order valence-corrected chi connectivity index (χ0v) is 16.0. The van der Waals surface area contributed by atoms with Crippen molar-refractivity contribution in [2.75, 3.05) is 17.7 Å². The van der Waals surface area contributed by atoms with Gasteiger partial charge in [-0.1, -0.05) is 6.07 Å². The Morgan fingerprint density at radius 1 is 1.17 bits per heavy atom. The Bertz CT molecular complexity index is 1260. The molecular weight excluding hydrogens is 391 g/mol. The van der Waals surface area contributed by atoms with Crippen molar-refractivity contribution in [2.45, 2.75) is 6.92 Å². The van der Waals surface area contributed by atoms with Crippen molar-refractivity contribution in [3.63, 3.8) is 0 Å². The molecule has 0 amide bonds. The Kier molecular flexibility index (Phi) is 4.88. The fourth-order valence-corrected chi connectivity index (χ4v) is 2.94. The van der Waals surface area contributed by atoms with Gasteiger partial charge in [0.25, 0.3) is 0 Å². The fraction of sp³-hybridized carbons (Fsp3) is 0.100. The molecule has 10 heteroatoms. The molecule has 0 aliphatic heterocycles. The molecule has 0 fully saturated rings. The first-order valence-electron chi connectivity index (χ1n) is 8.88. The standard InChI is InChI=1S/C20H17FN6O3/c1-11-15-9-13(6-7-17(15)27(26-11)20(29)30-2)24-19-22-10-16(21)18(25-19)23-12-4-3-5-14(28)8-12/h3-10,28H,1-2H3,(H2,22,23,24,25). The first kappa shape index (κ1) is 19.1. The molecule has 0 aliphatic rings. The molecule has 0 radical (unpaired) electrons. The SMILES string of the molecule is COC(=O)n1nc(C)c2cc(Nc3ncc(F)c(Nc4cccc(O)c4)n3)ccc21. The number of nitrogens with one attached hydrogen (secondary N) is 2. The summed E-state index contributed by atoms with van der Waals surface area (Å²) in [7, 11) is 1.29. The minimum atomic E-state index is -0.644. The highest BCUT2D eigenvalue weighted by molar-refractivity contribution is 5.91. The van der Waals surface area contributed by atoms with Gasteiger partial charge in [0.1, 0.15) is 5.75 Å². The Morgan fingerprint density at radius 3 is 2.73 bits per heavy atom. The van der Waals surface area contributed by atoms with Crippen LogP contribution in [0.25, 0.3) is 10.9 Å². The summed E-state index contributed by atoms with van der Waals surface area (Å²) in [5.41, 5.74) is 2.34. The molecule has 0 saturated heterocycles. The van der Waals surface area contributed by atoms with Crippen LogP contribution in [0.15, 0.2) is 48.7 Å². The molecule has 9 nitrogen and oxygen atoms in total. The molecule has 2 aromatic heterocycles. The van der Waals surface area contributed by atoms with Crippen molar-refractivity contribution in [1.82, 2.24) is 19.7 Å². The van der Waals surface area contributed by atoms with Gasteiger partial charge in [-0.3, -0.25) is 0 Å². The molecule has 0 unspecified atom stereocenters. The molecule has 152 valence electrons. The van der Waals surface area contributed by atoms with Gasteiger partial charge in [0, 0.05) is 22.8 Å². The van der Waals surface area contributed by atoms with Crippen LogP contribution >= 0.6 is 0 Å². The van der Waals surface area contributed by atoms with E-state index in [1.54, 1.807) is 37.3 Å². The number of phenolic OH excluding ortho intramolecular Hbond substituents is 1. The number of aromatic nitrogens is 4. The van der Waals surface area contributed by atoms with E-state index in [-0.39, 0.29) is 17.5 Å². The number of hydrogen-bond acceptors (Lipinski definition) is 8. The van der Waals surface area contributed by atoms with Crippen LogP contribution < -0.4 is 10.6 Å². The number of nitrogens with zero attached hydrogens (tertiary/aromatic N) is 4. The van der Waals surface area contributed by atoms with Gasteiger partial charge < -0.3 is 20.5 Å². The molecule has 0 saturated carbocycles. The summed E-state index contributed by atoms with van der Waals surface area (Å²) in [6.45, 7) is 1.78. The Morgan fingerprint density at radius 2 is 1.97 bits per heavy atom. The summed E-state index contributed by atoms with van der Waals surface area (Å²) in [6.07, 6.45) is 0.456. The highest BCUT2D eigenvalue weighted by atomic mass is 19.1. The van der Waals surface area contributed by atoms with Crippen LogP contribution in [0.4, 0.5) is 32.3 Å². The fourth-order valence-electron chi connectivity index (χ4n) is 2.94. The third-order valence-corrected chi connectivity index (χ3v) is 4.32. The van der Waals surface area contributed by atoms with Crippen molar-refractivity contribution in [1.29, 1.82) is 0 Å². The molecular formula is C20H17FN6O3. The van der Waals surface area contributed by atoms with Crippen LogP contribution in [0.3, 0.4) is 0 Å². The van der Waals surface area contributed by atoms with Crippen LogP contribution in [0.1, 0.15) is 5.69 Å². The number of benzene rings is 2. The Balaban J connectivity index is 1.62. The summed E-state index contributed by atoms with van der Waals surface area (Å²) >= 11 is 0. The predicted octanol–water partition coefficient (Wildman–Crippen LogP) is 4.08. The number of methoxy groups -OCH3 is 1. The number of phenols is 1. The van der Waals surface area contributed by atoms with E-state index < -0.39 is 11.9 Å². The molecule has 0 atom stereocenters. The summed E-state index contributed by atoms with van der Waals surface area (Å²) in [5.74, 6) is -0.483. The molecule has 0 bridgehead atoms. The number of carbonyl (C=O) groups excluding carboxylic acids is 1. The van der Waals surface area contributed by atoms with Gasteiger partial charge in [0.15, 0.2) is 11.6 Å². The molecule has 2 heterocycles. The van der Waals surface area contributed by atoms with E-state index in [9.17, 15) is 14.3 Å². The maximum atomic E-state index is 14.1. The molecule has 3 N–H and O–H groups in total. The van der Waals surface area contributed by atoms with E-state index in [1.165, 1.54) is 23.9 Å². The second kappa shape index (κ2) is 7.66. The zero-order chi connectivity index (χ0) is 21.3. The lowest BCUT2D eigenvalue weighted by Crippen LogP contribution is -2.12. The van der Waals surface area contributed by atoms with Crippen molar-refractivity contribution in [3.05, 3.63) is 60.2 Å². The van der Waals surface area contributed by atoms with E-state index in [0.29, 0.717) is 22.6 Å². The van der Waals surface area contributed by atoms with Gasteiger partial charge >= 0.3 is 6.09 Å². The monoisotopic (exact) mass is 408 g/mol. The third-order valence-electron chi connectivity index (χ3n) is 4.32. The molecule has 0 spiro atoms. The molecule has 30 heavy (non-hydrogen) atoms. The number of aromatic hydroxyl groups is 1. The van der Waals surface area contributed by atoms with Gasteiger partial charge in [0.05, 0.1) is 24.5 Å². The average molecular weight is 408 g/mol. The topological polar surface area (TPSA) is 114 Å². The van der Waals surface area contributed by atoms with Gasteiger partial charge in [-0.05, 0) is 37.3 Å². The van der Waals surface area contributed by atoms with Crippen LogP contribution in [0.5, 0.6) is 5.75 Å². The van der Waals surface area contributed by atoms with Crippen molar-refractivity contribution in [3.8, 4) is 5.75 Å². The number of aryl methyl sites for hydroxylation is 1. The normalized spacial score (nSPS) is 10.8. The maximum absolute atomic E-state index is 14.1. The minimum absolute atomic E-state index is 0.0454. The van der Waals surface area contributed by atoms with Crippen LogP contribution in [0.2, 0.25) is 0 Å². The number of anilines is 4. The van der Waals surface area contributed by atoms with Crippen molar-refractivity contribution >= 4 is 40.1 Å². The lowest BCUT2D eigenvalue weighted by Gasteiger charge is -2.10. The first-order valence-corrected chi connectivity index (χ1v) is 8.88. The van der Waals surface area contributed by atoms with Crippen molar-refractivity contribution in [2.24, 2.45) is 0 Å². The lowest BCUT2D eigenvalue weighted by atomic mass is 10.2. The zero-order valence-electron chi connectivity index (χ0n) is 16.0. The number of fused-ring (bicyclic) bond motifs is 1. The average Bonchev–Trinajstić information content (AvgIpc) is 3.06. The second-order valence-electron chi connectivity index (χ2n) is 6.39. The van der Waals surface area contributed by atoms with Crippen LogP contribution in [-0.2, 0) is 4.74 Å². The van der Waals surface area contributed by atoms with E-state index in [4.69, 9.17) is 4.74 Å². The molecule has 2 aromatic carbocycles. The molecule has 4 aromatic rings. The maximum Gasteiger partial charge on any atom is 0.434 e. The summed E-state index contributed by atoms with van der Waals surface area (Å²) < 4.78 is 20.0. The number of ether oxygens (including phenoxy) is 1. The van der Waals surface area contributed by atoms with Crippen molar-refractivity contribution < 1.29 is 19.0 Å². The summed E-state index contributed by atoms with van der Waals surface area (Å²) in [4.78, 5) is 20.0. The molecule has 0 aliphatic carbocycles. The largest absolute Gasteiger partial charge is 0.508 e.